The van der Waals surface area contributed by atoms with E-state index in [0.717, 1.165) is 19.4 Å². The van der Waals surface area contributed by atoms with E-state index in [4.69, 9.17) is 9.15 Å². The average molecular weight is 400 g/mol. The summed E-state index contributed by atoms with van der Waals surface area (Å²) < 4.78 is 17.6. The van der Waals surface area contributed by atoms with E-state index in [1.165, 1.54) is 18.9 Å². The molecule has 1 atom stereocenters. The summed E-state index contributed by atoms with van der Waals surface area (Å²) in [6.45, 7) is 1.20. The van der Waals surface area contributed by atoms with Crippen LogP contribution in [-0.4, -0.2) is 35.3 Å². The highest BCUT2D eigenvalue weighted by Crippen LogP contribution is 2.25. The third kappa shape index (κ3) is 3.83. The maximum atomic E-state index is 13.1. The molecule has 0 aliphatic carbocycles. The first-order chi connectivity index (χ1) is 13.7. The van der Waals surface area contributed by atoms with E-state index >= 15 is 0 Å². The lowest BCUT2D eigenvalue weighted by Gasteiger charge is -2.16. The average Bonchev–Trinajstić information content (AvgIpc) is 3.40. The summed E-state index contributed by atoms with van der Waals surface area (Å²) in [6, 6.07) is 10.6. The number of thioether (sulfide) groups is 1. The van der Waals surface area contributed by atoms with Gasteiger partial charge in [0.2, 0.25) is 5.76 Å². The SMILES string of the molecule is COC(=O)c1ccc(CSc2nc3ccccc3c(=O)n2C[C@H]2CCCO2)o1. The van der Waals surface area contributed by atoms with E-state index in [9.17, 15) is 9.59 Å². The van der Waals surface area contributed by atoms with E-state index < -0.39 is 5.97 Å². The number of esters is 1. The van der Waals surface area contributed by atoms with Crippen molar-refractivity contribution >= 4 is 28.6 Å². The molecule has 28 heavy (non-hydrogen) atoms. The van der Waals surface area contributed by atoms with Crippen LogP contribution in [0.5, 0.6) is 0 Å². The molecule has 3 heterocycles. The number of carbonyl (C=O) groups is 1. The minimum Gasteiger partial charge on any atom is -0.463 e. The zero-order valence-corrected chi connectivity index (χ0v) is 16.2. The van der Waals surface area contributed by atoms with Gasteiger partial charge in [-0.05, 0) is 37.1 Å². The van der Waals surface area contributed by atoms with Crippen LogP contribution in [0, 0.1) is 0 Å². The predicted molar refractivity (Wildman–Crippen MR) is 105 cm³/mol. The van der Waals surface area contributed by atoms with Crippen LogP contribution in [-0.2, 0) is 21.8 Å². The van der Waals surface area contributed by atoms with Gasteiger partial charge in [0.1, 0.15) is 5.76 Å². The van der Waals surface area contributed by atoms with Gasteiger partial charge >= 0.3 is 5.97 Å². The summed E-state index contributed by atoms with van der Waals surface area (Å²) in [7, 11) is 1.31. The molecule has 0 N–H and O–H groups in total. The Balaban J connectivity index is 1.63. The number of aromatic nitrogens is 2. The smallest absolute Gasteiger partial charge is 0.373 e. The molecule has 0 bridgehead atoms. The zero-order valence-electron chi connectivity index (χ0n) is 15.4. The second-order valence-electron chi connectivity index (χ2n) is 6.51. The molecule has 1 aromatic carbocycles. The Hall–Kier alpha value is -2.58. The van der Waals surface area contributed by atoms with Gasteiger partial charge in [-0.25, -0.2) is 9.78 Å². The molecule has 0 amide bonds. The fourth-order valence-corrected chi connectivity index (χ4v) is 4.11. The van der Waals surface area contributed by atoms with E-state index in [1.54, 1.807) is 22.8 Å². The predicted octanol–water partition coefficient (Wildman–Crippen LogP) is 3.25. The first-order valence-corrected chi connectivity index (χ1v) is 10.1. The Morgan fingerprint density at radius 3 is 2.96 bits per heavy atom. The van der Waals surface area contributed by atoms with Gasteiger partial charge in [0.25, 0.3) is 5.56 Å². The quantitative estimate of drug-likeness (QED) is 0.357. The molecule has 0 saturated carbocycles. The Kier molecular flexibility index (Phi) is 5.50. The van der Waals surface area contributed by atoms with Gasteiger partial charge in [0.15, 0.2) is 5.16 Å². The Bertz CT molecular complexity index is 1050. The summed E-state index contributed by atoms with van der Waals surface area (Å²) in [5.41, 5.74) is 0.589. The molecule has 1 fully saturated rings. The van der Waals surface area contributed by atoms with Crippen molar-refractivity contribution in [2.45, 2.75) is 36.4 Å². The fraction of sp³-hybridized carbons (Fsp3) is 0.350. The molecule has 1 saturated heterocycles. The summed E-state index contributed by atoms with van der Waals surface area (Å²) >= 11 is 1.40. The molecule has 146 valence electrons. The van der Waals surface area contributed by atoms with Gasteiger partial charge in [-0.3, -0.25) is 9.36 Å². The van der Waals surface area contributed by atoms with Crippen LogP contribution in [0.2, 0.25) is 0 Å². The molecule has 7 nitrogen and oxygen atoms in total. The maximum Gasteiger partial charge on any atom is 0.373 e. The van der Waals surface area contributed by atoms with Crippen LogP contribution in [0.3, 0.4) is 0 Å². The van der Waals surface area contributed by atoms with Crippen molar-refractivity contribution in [2.24, 2.45) is 0 Å². The fourth-order valence-electron chi connectivity index (χ4n) is 3.21. The number of rotatable bonds is 6. The largest absolute Gasteiger partial charge is 0.463 e. The minimum atomic E-state index is -0.518. The third-order valence-corrected chi connectivity index (χ3v) is 5.63. The van der Waals surface area contributed by atoms with Crippen LogP contribution < -0.4 is 5.56 Å². The molecular weight excluding hydrogens is 380 g/mol. The number of para-hydroxylation sites is 1. The number of hydrogen-bond donors (Lipinski definition) is 0. The number of nitrogens with zero attached hydrogens (tertiary/aromatic N) is 2. The van der Waals surface area contributed by atoms with Crippen LogP contribution in [0.15, 0.2) is 50.8 Å². The number of benzene rings is 1. The van der Waals surface area contributed by atoms with Crippen molar-refractivity contribution in [3.63, 3.8) is 0 Å². The van der Waals surface area contributed by atoms with Crippen molar-refractivity contribution in [1.29, 1.82) is 0 Å². The lowest BCUT2D eigenvalue weighted by Crippen LogP contribution is -2.28. The monoisotopic (exact) mass is 400 g/mol. The molecule has 0 unspecified atom stereocenters. The Morgan fingerprint density at radius 2 is 2.18 bits per heavy atom. The van der Waals surface area contributed by atoms with Crippen LogP contribution in [0.1, 0.15) is 29.2 Å². The molecular formula is C20H20N2O5S. The van der Waals surface area contributed by atoms with E-state index in [-0.39, 0.29) is 17.4 Å². The van der Waals surface area contributed by atoms with Crippen LogP contribution in [0.25, 0.3) is 10.9 Å². The van der Waals surface area contributed by atoms with Crippen LogP contribution >= 0.6 is 11.8 Å². The molecule has 8 heteroatoms. The standard InChI is InChI=1S/C20H20N2O5S/c1-25-19(24)17-9-8-14(27-17)12-28-20-21-16-7-3-2-6-15(16)18(23)22(20)11-13-5-4-10-26-13/h2-3,6-9,13H,4-5,10-12H2,1H3/t13-/m1/s1. The number of carbonyl (C=O) groups excluding carboxylic acids is 1. The molecule has 4 rings (SSSR count). The van der Waals surface area contributed by atoms with E-state index in [0.29, 0.717) is 34.1 Å². The molecule has 0 spiro atoms. The van der Waals surface area contributed by atoms with Gasteiger partial charge in [-0.15, -0.1) is 0 Å². The summed E-state index contributed by atoms with van der Waals surface area (Å²) in [4.78, 5) is 29.3. The van der Waals surface area contributed by atoms with Crippen LogP contribution in [0.4, 0.5) is 0 Å². The Morgan fingerprint density at radius 1 is 1.32 bits per heavy atom. The van der Waals surface area contributed by atoms with Crippen molar-refractivity contribution in [2.75, 3.05) is 13.7 Å². The Labute approximate surface area is 165 Å². The van der Waals surface area contributed by atoms with Crippen molar-refractivity contribution < 1.29 is 18.7 Å². The number of hydrogen-bond acceptors (Lipinski definition) is 7. The lowest BCUT2D eigenvalue weighted by molar-refractivity contribution is 0.0563. The number of methoxy groups -OCH3 is 1. The van der Waals surface area contributed by atoms with Gasteiger partial charge in [-0.1, -0.05) is 23.9 Å². The third-order valence-electron chi connectivity index (χ3n) is 4.63. The molecule has 1 aliphatic rings. The summed E-state index contributed by atoms with van der Waals surface area (Å²) in [5, 5.41) is 1.20. The molecule has 0 radical (unpaired) electrons. The summed E-state index contributed by atoms with van der Waals surface area (Å²) in [5.74, 6) is 0.681. The van der Waals surface area contributed by atoms with E-state index in [1.807, 2.05) is 18.2 Å². The molecule has 1 aliphatic heterocycles. The van der Waals surface area contributed by atoms with E-state index in [2.05, 4.69) is 9.72 Å². The summed E-state index contributed by atoms with van der Waals surface area (Å²) in [6.07, 6.45) is 1.96. The second kappa shape index (κ2) is 8.20. The first-order valence-electron chi connectivity index (χ1n) is 9.06. The highest BCUT2D eigenvalue weighted by Gasteiger charge is 2.20. The highest BCUT2D eigenvalue weighted by molar-refractivity contribution is 7.98. The van der Waals surface area contributed by atoms with Gasteiger partial charge in [0.05, 0.1) is 36.4 Å². The lowest BCUT2D eigenvalue weighted by atomic mass is 10.2. The van der Waals surface area contributed by atoms with Gasteiger partial charge < -0.3 is 13.9 Å². The minimum absolute atomic E-state index is 0.0227. The number of fused-ring (bicyclic) bond motifs is 1. The molecule has 3 aromatic rings. The highest BCUT2D eigenvalue weighted by atomic mass is 32.2. The van der Waals surface area contributed by atoms with Gasteiger partial charge in [-0.2, -0.15) is 0 Å². The zero-order chi connectivity index (χ0) is 19.5. The first kappa shape index (κ1) is 18.8. The maximum absolute atomic E-state index is 13.1. The van der Waals surface area contributed by atoms with Gasteiger partial charge in [0, 0.05) is 6.61 Å². The number of furan rings is 1. The molecule has 2 aromatic heterocycles. The number of ether oxygens (including phenoxy) is 2. The second-order valence-corrected chi connectivity index (χ2v) is 7.45. The normalized spacial score (nSPS) is 16.5. The van der Waals surface area contributed by atoms with Crippen molar-refractivity contribution in [3.05, 3.63) is 58.3 Å². The van der Waals surface area contributed by atoms with Crippen molar-refractivity contribution in [1.82, 2.24) is 9.55 Å². The van der Waals surface area contributed by atoms with Crippen molar-refractivity contribution in [3.8, 4) is 0 Å². The topological polar surface area (TPSA) is 83.6 Å².